The SMILES string of the molecule is CC(C)N(Cc1nc(-c2ccc3c(c2)OCO3)no1)C[C@H]1CCC(=O)N1. The van der Waals surface area contributed by atoms with Gasteiger partial charge in [0, 0.05) is 30.6 Å². The standard InChI is InChI=1S/C18H22N4O4/c1-11(2)22(8-13-4-6-16(23)19-13)9-17-20-18(21-26-17)12-3-5-14-15(7-12)25-10-24-14/h3,5,7,11,13H,4,6,8-10H2,1-2H3,(H,19,23)/t13-/m1/s1. The van der Waals surface area contributed by atoms with Gasteiger partial charge in [-0.15, -0.1) is 0 Å². The molecule has 0 unspecified atom stereocenters. The summed E-state index contributed by atoms with van der Waals surface area (Å²) in [5.74, 6) is 2.62. The molecule has 8 nitrogen and oxygen atoms in total. The number of carbonyl (C=O) groups is 1. The van der Waals surface area contributed by atoms with Gasteiger partial charge in [-0.1, -0.05) is 5.16 Å². The van der Waals surface area contributed by atoms with E-state index in [1.54, 1.807) is 0 Å². The molecule has 8 heteroatoms. The van der Waals surface area contributed by atoms with Crippen molar-refractivity contribution in [3.8, 4) is 22.9 Å². The quantitative estimate of drug-likeness (QED) is 0.844. The topological polar surface area (TPSA) is 89.7 Å². The highest BCUT2D eigenvalue weighted by Crippen LogP contribution is 2.35. The van der Waals surface area contributed by atoms with E-state index in [9.17, 15) is 4.79 Å². The van der Waals surface area contributed by atoms with Gasteiger partial charge in [0.05, 0.1) is 6.54 Å². The van der Waals surface area contributed by atoms with E-state index in [0.29, 0.717) is 36.5 Å². The van der Waals surface area contributed by atoms with Gasteiger partial charge in [0.2, 0.25) is 24.4 Å². The molecule has 1 saturated heterocycles. The maximum atomic E-state index is 11.4. The first-order valence-corrected chi connectivity index (χ1v) is 8.84. The molecule has 0 bridgehead atoms. The first kappa shape index (κ1) is 16.8. The van der Waals surface area contributed by atoms with Crippen LogP contribution in [-0.2, 0) is 11.3 Å². The second-order valence-electron chi connectivity index (χ2n) is 6.91. The Labute approximate surface area is 151 Å². The second-order valence-corrected chi connectivity index (χ2v) is 6.91. The maximum absolute atomic E-state index is 11.4. The molecule has 0 spiro atoms. The van der Waals surface area contributed by atoms with Crippen molar-refractivity contribution in [1.82, 2.24) is 20.4 Å². The lowest BCUT2D eigenvalue weighted by atomic mass is 10.2. The lowest BCUT2D eigenvalue weighted by molar-refractivity contribution is -0.119. The smallest absolute Gasteiger partial charge is 0.241 e. The van der Waals surface area contributed by atoms with Crippen LogP contribution in [0.2, 0.25) is 0 Å². The van der Waals surface area contributed by atoms with Gasteiger partial charge in [0.1, 0.15) is 0 Å². The van der Waals surface area contributed by atoms with Crippen molar-refractivity contribution in [2.24, 2.45) is 0 Å². The molecular formula is C18H22N4O4. The van der Waals surface area contributed by atoms with Crippen LogP contribution in [0.3, 0.4) is 0 Å². The summed E-state index contributed by atoms with van der Waals surface area (Å²) < 4.78 is 16.2. The normalized spacial score (nSPS) is 18.8. The van der Waals surface area contributed by atoms with E-state index < -0.39 is 0 Å². The lowest BCUT2D eigenvalue weighted by Crippen LogP contribution is -2.41. The van der Waals surface area contributed by atoms with E-state index in [1.165, 1.54) is 0 Å². The van der Waals surface area contributed by atoms with Crippen LogP contribution in [0.15, 0.2) is 22.7 Å². The Bertz CT molecular complexity index is 804. The van der Waals surface area contributed by atoms with E-state index >= 15 is 0 Å². The first-order valence-electron chi connectivity index (χ1n) is 8.84. The molecule has 1 atom stereocenters. The zero-order valence-electron chi connectivity index (χ0n) is 14.9. The summed E-state index contributed by atoms with van der Waals surface area (Å²) >= 11 is 0. The zero-order chi connectivity index (χ0) is 18.1. The molecule has 2 aromatic rings. The van der Waals surface area contributed by atoms with Gasteiger partial charge in [-0.2, -0.15) is 4.98 Å². The second kappa shape index (κ2) is 6.95. The number of nitrogens with one attached hydrogen (secondary N) is 1. The van der Waals surface area contributed by atoms with Gasteiger partial charge in [0.25, 0.3) is 0 Å². The van der Waals surface area contributed by atoms with E-state index in [4.69, 9.17) is 14.0 Å². The fraction of sp³-hybridized carbons (Fsp3) is 0.500. The Morgan fingerprint density at radius 1 is 1.31 bits per heavy atom. The molecule has 138 valence electrons. The Hall–Kier alpha value is -2.61. The predicted octanol–water partition coefficient (Wildman–Crippen LogP) is 1.95. The number of carbonyl (C=O) groups excluding carboxylic acids is 1. The number of benzene rings is 1. The Balaban J connectivity index is 1.45. The lowest BCUT2D eigenvalue weighted by Gasteiger charge is -2.27. The summed E-state index contributed by atoms with van der Waals surface area (Å²) in [6.07, 6.45) is 1.47. The van der Waals surface area contributed by atoms with Crippen molar-refractivity contribution >= 4 is 5.91 Å². The minimum atomic E-state index is 0.126. The van der Waals surface area contributed by atoms with Crippen LogP contribution in [0.5, 0.6) is 11.5 Å². The number of nitrogens with zero attached hydrogens (tertiary/aromatic N) is 3. The molecule has 26 heavy (non-hydrogen) atoms. The van der Waals surface area contributed by atoms with Gasteiger partial charge in [-0.25, -0.2) is 0 Å². The van der Waals surface area contributed by atoms with E-state index in [-0.39, 0.29) is 18.7 Å². The van der Waals surface area contributed by atoms with E-state index in [0.717, 1.165) is 24.3 Å². The molecule has 4 rings (SSSR count). The molecule has 1 aromatic carbocycles. The van der Waals surface area contributed by atoms with Gasteiger partial charge in [0.15, 0.2) is 11.5 Å². The summed E-state index contributed by atoms with van der Waals surface area (Å²) in [7, 11) is 0. The van der Waals surface area contributed by atoms with Crippen LogP contribution < -0.4 is 14.8 Å². The predicted molar refractivity (Wildman–Crippen MR) is 92.6 cm³/mol. The summed E-state index contributed by atoms with van der Waals surface area (Å²) in [5.41, 5.74) is 0.823. The molecule has 2 aliphatic heterocycles. The third kappa shape index (κ3) is 3.50. The average Bonchev–Trinajstić information content (AvgIpc) is 3.34. The highest BCUT2D eigenvalue weighted by molar-refractivity contribution is 5.78. The third-order valence-corrected chi connectivity index (χ3v) is 4.71. The molecule has 0 saturated carbocycles. The van der Waals surface area contributed by atoms with Gasteiger partial charge < -0.3 is 19.3 Å². The van der Waals surface area contributed by atoms with Crippen LogP contribution in [0, 0.1) is 0 Å². The number of fused-ring (bicyclic) bond motifs is 1. The molecule has 3 heterocycles. The van der Waals surface area contributed by atoms with Gasteiger partial charge in [-0.05, 0) is 38.5 Å². The summed E-state index contributed by atoms with van der Waals surface area (Å²) in [6.45, 7) is 5.78. The molecule has 1 aromatic heterocycles. The van der Waals surface area contributed by atoms with Gasteiger partial charge >= 0.3 is 0 Å². The van der Waals surface area contributed by atoms with Crippen molar-refractivity contribution in [2.75, 3.05) is 13.3 Å². The van der Waals surface area contributed by atoms with Crippen LogP contribution >= 0.6 is 0 Å². The van der Waals surface area contributed by atoms with Crippen LogP contribution in [0.1, 0.15) is 32.6 Å². The van der Waals surface area contributed by atoms with E-state index in [1.807, 2.05) is 18.2 Å². The molecule has 0 aliphatic carbocycles. The molecule has 0 radical (unpaired) electrons. The van der Waals surface area contributed by atoms with Crippen molar-refractivity contribution in [3.05, 3.63) is 24.1 Å². The summed E-state index contributed by atoms with van der Waals surface area (Å²) in [4.78, 5) is 18.2. The number of rotatable bonds is 6. The molecule has 1 N–H and O–H groups in total. The zero-order valence-corrected chi connectivity index (χ0v) is 14.9. The monoisotopic (exact) mass is 358 g/mol. The fourth-order valence-electron chi connectivity index (χ4n) is 3.20. The van der Waals surface area contributed by atoms with Crippen molar-refractivity contribution in [2.45, 2.75) is 45.3 Å². The Kier molecular flexibility index (Phi) is 4.50. The Morgan fingerprint density at radius 2 is 2.15 bits per heavy atom. The Morgan fingerprint density at radius 3 is 2.92 bits per heavy atom. The van der Waals surface area contributed by atoms with Gasteiger partial charge in [-0.3, -0.25) is 9.69 Å². The number of amides is 1. The number of hydrogen-bond donors (Lipinski definition) is 1. The average molecular weight is 358 g/mol. The van der Waals surface area contributed by atoms with Crippen molar-refractivity contribution < 1.29 is 18.8 Å². The number of aromatic nitrogens is 2. The highest BCUT2D eigenvalue weighted by atomic mass is 16.7. The van der Waals surface area contributed by atoms with Crippen LogP contribution in [0.4, 0.5) is 0 Å². The molecular weight excluding hydrogens is 336 g/mol. The number of ether oxygens (including phenoxy) is 2. The molecule has 2 aliphatic rings. The maximum Gasteiger partial charge on any atom is 0.241 e. The minimum absolute atomic E-state index is 0.126. The minimum Gasteiger partial charge on any atom is -0.454 e. The largest absolute Gasteiger partial charge is 0.454 e. The van der Waals surface area contributed by atoms with Crippen LogP contribution in [0.25, 0.3) is 11.4 Å². The van der Waals surface area contributed by atoms with E-state index in [2.05, 4.69) is 34.2 Å². The highest BCUT2D eigenvalue weighted by Gasteiger charge is 2.25. The first-order chi connectivity index (χ1) is 12.6. The van der Waals surface area contributed by atoms with Crippen molar-refractivity contribution in [1.29, 1.82) is 0 Å². The third-order valence-electron chi connectivity index (χ3n) is 4.71. The molecule has 1 fully saturated rings. The molecule has 1 amide bonds. The summed E-state index contributed by atoms with van der Waals surface area (Å²) in [6, 6.07) is 6.06. The fourth-order valence-corrected chi connectivity index (χ4v) is 3.20. The summed E-state index contributed by atoms with van der Waals surface area (Å²) in [5, 5.41) is 7.10. The van der Waals surface area contributed by atoms with Crippen LogP contribution in [-0.4, -0.2) is 46.4 Å². The number of hydrogen-bond acceptors (Lipinski definition) is 7. The van der Waals surface area contributed by atoms with Crippen molar-refractivity contribution in [3.63, 3.8) is 0 Å².